The fourth-order valence-corrected chi connectivity index (χ4v) is 2.61. The van der Waals surface area contributed by atoms with Crippen molar-refractivity contribution < 1.29 is 18.8 Å². The van der Waals surface area contributed by atoms with Gasteiger partial charge in [-0.2, -0.15) is 0 Å². The third-order valence-electron chi connectivity index (χ3n) is 3.79. The van der Waals surface area contributed by atoms with Crippen LogP contribution in [0.2, 0.25) is 0 Å². The lowest BCUT2D eigenvalue weighted by Crippen LogP contribution is -2.31. The Morgan fingerprint density at radius 3 is 2.65 bits per heavy atom. The van der Waals surface area contributed by atoms with Gasteiger partial charge in [0, 0.05) is 25.1 Å². The number of amides is 1. The van der Waals surface area contributed by atoms with Gasteiger partial charge < -0.3 is 18.9 Å². The third kappa shape index (κ3) is 3.10. The van der Waals surface area contributed by atoms with Gasteiger partial charge in [-0.3, -0.25) is 4.79 Å². The summed E-state index contributed by atoms with van der Waals surface area (Å²) in [4.78, 5) is 14.3. The minimum absolute atomic E-state index is 0.0758. The van der Waals surface area contributed by atoms with Crippen LogP contribution in [0.15, 0.2) is 16.7 Å². The molecule has 1 atom stereocenters. The molecule has 23 heavy (non-hydrogen) atoms. The molecule has 1 amide bonds. The Kier molecular flexibility index (Phi) is 4.14. The Balaban J connectivity index is 1.63. The molecule has 3 heterocycles. The molecular formula is C15H18N4O4. The Labute approximate surface area is 133 Å². The standard InChI is InChI=1S/C15H18N4O4/c1-9-14(10(2)23-18-9)15(20)19-7-6-11(8-19)22-13-5-4-12(21-3)16-17-13/h4-5,11H,6-8H2,1-3H3/t11-/m1/s1. The van der Waals surface area contributed by atoms with Gasteiger partial charge >= 0.3 is 0 Å². The van der Waals surface area contributed by atoms with Gasteiger partial charge in [-0.25, -0.2) is 0 Å². The summed E-state index contributed by atoms with van der Waals surface area (Å²) in [5.74, 6) is 1.31. The van der Waals surface area contributed by atoms with Crippen molar-refractivity contribution in [1.29, 1.82) is 0 Å². The topological polar surface area (TPSA) is 90.6 Å². The molecule has 2 aromatic rings. The Bertz CT molecular complexity index is 679. The minimum atomic E-state index is -0.109. The molecule has 0 radical (unpaired) electrons. The SMILES string of the molecule is COc1ccc(O[C@@H]2CCN(C(=O)c3c(C)noc3C)C2)nn1. The molecule has 0 N–H and O–H groups in total. The van der Waals surface area contributed by atoms with E-state index in [0.717, 1.165) is 6.42 Å². The highest BCUT2D eigenvalue weighted by Crippen LogP contribution is 2.21. The fourth-order valence-electron chi connectivity index (χ4n) is 2.61. The Morgan fingerprint density at radius 2 is 2.04 bits per heavy atom. The lowest BCUT2D eigenvalue weighted by Gasteiger charge is -2.16. The van der Waals surface area contributed by atoms with Gasteiger partial charge in [-0.15, -0.1) is 10.2 Å². The van der Waals surface area contributed by atoms with E-state index in [9.17, 15) is 4.79 Å². The number of hydrogen-bond donors (Lipinski definition) is 0. The van der Waals surface area contributed by atoms with Crippen molar-refractivity contribution in [3.8, 4) is 11.8 Å². The number of carbonyl (C=O) groups is 1. The molecule has 0 unspecified atom stereocenters. The highest BCUT2D eigenvalue weighted by Gasteiger charge is 2.31. The summed E-state index contributed by atoms with van der Waals surface area (Å²) < 4.78 is 15.8. The summed E-state index contributed by atoms with van der Waals surface area (Å²) in [6.07, 6.45) is 0.630. The maximum absolute atomic E-state index is 12.6. The predicted octanol–water partition coefficient (Wildman–Crippen LogP) is 1.38. The second kappa shape index (κ2) is 6.23. The lowest BCUT2D eigenvalue weighted by atomic mass is 10.2. The maximum atomic E-state index is 12.6. The lowest BCUT2D eigenvalue weighted by molar-refractivity contribution is 0.0768. The van der Waals surface area contributed by atoms with Crippen molar-refractivity contribution in [3.05, 3.63) is 29.2 Å². The first kappa shape index (κ1) is 15.3. The molecule has 0 aromatic carbocycles. The zero-order valence-electron chi connectivity index (χ0n) is 13.3. The molecule has 0 spiro atoms. The first-order chi connectivity index (χ1) is 11.1. The van der Waals surface area contributed by atoms with Crippen LogP contribution in [0.5, 0.6) is 11.8 Å². The summed E-state index contributed by atoms with van der Waals surface area (Å²) in [7, 11) is 1.53. The van der Waals surface area contributed by atoms with Crippen molar-refractivity contribution in [1.82, 2.24) is 20.3 Å². The number of aryl methyl sites for hydroxylation is 2. The third-order valence-corrected chi connectivity index (χ3v) is 3.79. The van der Waals surface area contributed by atoms with Crippen LogP contribution >= 0.6 is 0 Å². The van der Waals surface area contributed by atoms with E-state index in [2.05, 4.69) is 15.4 Å². The first-order valence-electron chi connectivity index (χ1n) is 7.35. The second-order valence-electron chi connectivity index (χ2n) is 5.39. The van der Waals surface area contributed by atoms with E-state index in [1.54, 1.807) is 30.9 Å². The van der Waals surface area contributed by atoms with E-state index in [0.29, 0.717) is 41.9 Å². The molecule has 3 rings (SSSR count). The van der Waals surface area contributed by atoms with Gasteiger partial charge in [-0.1, -0.05) is 5.16 Å². The molecular weight excluding hydrogens is 300 g/mol. The summed E-state index contributed by atoms with van der Waals surface area (Å²) in [5.41, 5.74) is 1.15. The quantitative estimate of drug-likeness (QED) is 0.841. The molecule has 1 aliphatic heterocycles. The van der Waals surface area contributed by atoms with Crippen LogP contribution in [0.4, 0.5) is 0 Å². The summed E-state index contributed by atoms with van der Waals surface area (Å²) >= 11 is 0. The number of aromatic nitrogens is 3. The van der Waals surface area contributed by atoms with Crippen molar-refractivity contribution >= 4 is 5.91 Å². The molecule has 0 aliphatic carbocycles. The van der Waals surface area contributed by atoms with Crippen LogP contribution in [-0.2, 0) is 0 Å². The minimum Gasteiger partial charge on any atom is -0.480 e. The molecule has 8 heteroatoms. The first-order valence-corrected chi connectivity index (χ1v) is 7.35. The number of nitrogens with zero attached hydrogens (tertiary/aromatic N) is 4. The summed E-state index contributed by atoms with van der Waals surface area (Å²) in [6, 6.07) is 3.38. The summed E-state index contributed by atoms with van der Waals surface area (Å²) in [5, 5.41) is 11.6. The largest absolute Gasteiger partial charge is 0.480 e. The maximum Gasteiger partial charge on any atom is 0.259 e. The Hall–Kier alpha value is -2.64. The number of rotatable bonds is 4. The van der Waals surface area contributed by atoms with Crippen LogP contribution in [0.25, 0.3) is 0 Å². The smallest absolute Gasteiger partial charge is 0.259 e. The molecule has 8 nitrogen and oxygen atoms in total. The molecule has 1 fully saturated rings. The van der Waals surface area contributed by atoms with Gasteiger partial charge in [0.1, 0.15) is 17.4 Å². The van der Waals surface area contributed by atoms with E-state index in [1.165, 1.54) is 7.11 Å². The van der Waals surface area contributed by atoms with E-state index in [1.807, 2.05) is 0 Å². The highest BCUT2D eigenvalue weighted by atomic mass is 16.5. The van der Waals surface area contributed by atoms with Crippen LogP contribution in [0.1, 0.15) is 28.2 Å². The van der Waals surface area contributed by atoms with E-state index in [4.69, 9.17) is 14.0 Å². The number of hydrogen-bond acceptors (Lipinski definition) is 7. The normalized spacial score (nSPS) is 17.3. The van der Waals surface area contributed by atoms with Gasteiger partial charge in [0.15, 0.2) is 0 Å². The molecule has 122 valence electrons. The monoisotopic (exact) mass is 318 g/mol. The molecule has 1 saturated heterocycles. The number of carbonyl (C=O) groups excluding carboxylic acids is 1. The molecule has 0 bridgehead atoms. The van der Waals surface area contributed by atoms with Crippen LogP contribution < -0.4 is 9.47 Å². The highest BCUT2D eigenvalue weighted by molar-refractivity contribution is 5.96. The van der Waals surface area contributed by atoms with Crippen LogP contribution in [0.3, 0.4) is 0 Å². The van der Waals surface area contributed by atoms with Crippen LogP contribution in [0, 0.1) is 13.8 Å². The average molecular weight is 318 g/mol. The van der Waals surface area contributed by atoms with Crippen molar-refractivity contribution in [3.63, 3.8) is 0 Å². The van der Waals surface area contributed by atoms with Crippen LogP contribution in [-0.4, -0.2) is 52.5 Å². The molecule has 1 aliphatic rings. The van der Waals surface area contributed by atoms with Crippen molar-refractivity contribution in [2.45, 2.75) is 26.4 Å². The van der Waals surface area contributed by atoms with E-state index < -0.39 is 0 Å². The predicted molar refractivity (Wildman–Crippen MR) is 79.5 cm³/mol. The molecule has 0 saturated carbocycles. The average Bonchev–Trinajstić information content (AvgIpc) is 3.15. The molecule has 2 aromatic heterocycles. The number of ether oxygens (including phenoxy) is 2. The van der Waals surface area contributed by atoms with E-state index in [-0.39, 0.29) is 12.0 Å². The summed E-state index contributed by atoms with van der Waals surface area (Å²) in [6.45, 7) is 4.62. The second-order valence-corrected chi connectivity index (χ2v) is 5.39. The zero-order valence-corrected chi connectivity index (χ0v) is 13.3. The number of likely N-dealkylation sites (tertiary alicyclic amines) is 1. The van der Waals surface area contributed by atoms with Gasteiger partial charge in [0.05, 0.1) is 19.3 Å². The van der Waals surface area contributed by atoms with Crippen molar-refractivity contribution in [2.75, 3.05) is 20.2 Å². The fraction of sp³-hybridized carbons (Fsp3) is 0.467. The Morgan fingerprint density at radius 1 is 1.30 bits per heavy atom. The van der Waals surface area contributed by atoms with Gasteiger partial charge in [0.2, 0.25) is 11.8 Å². The van der Waals surface area contributed by atoms with E-state index >= 15 is 0 Å². The van der Waals surface area contributed by atoms with Gasteiger partial charge in [0.25, 0.3) is 5.91 Å². The zero-order chi connectivity index (χ0) is 16.4. The number of methoxy groups -OCH3 is 1. The van der Waals surface area contributed by atoms with Crippen molar-refractivity contribution in [2.24, 2.45) is 0 Å². The van der Waals surface area contributed by atoms with Gasteiger partial charge in [-0.05, 0) is 13.8 Å².